The Hall–Kier alpha value is -2.12. The van der Waals surface area contributed by atoms with Gasteiger partial charge >= 0.3 is 12.0 Å². The molecule has 1 aromatic rings. The van der Waals surface area contributed by atoms with Crippen LogP contribution in [0.25, 0.3) is 0 Å². The van der Waals surface area contributed by atoms with Crippen LogP contribution in [0.2, 0.25) is 0 Å². The molecule has 8 heteroatoms. The monoisotopic (exact) mass is 268 g/mol. The zero-order valence-corrected chi connectivity index (χ0v) is 10.6. The molecular weight excluding hydrogens is 252 g/mol. The Balaban J connectivity index is 1.84. The summed E-state index contributed by atoms with van der Waals surface area (Å²) in [4.78, 5) is 28.3. The van der Waals surface area contributed by atoms with Gasteiger partial charge in [-0.15, -0.1) is 0 Å². The number of hydrogen-bond acceptors (Lipinski definition) is 5. The Morgan fingerprint density at radius 3 is 3.00 bits per heavy atom. The lowest BCUT2D eigenvalue weighted by molar-refractivity contribution is -0.143. The van der Waals surface area contributed by atoms with Crippen molar-refractivity contribution in [1.82, 2.24) is 20.4 Å². The fourth-order valence-corrected chi connectivity index (χ4v) is 2.22. The third kappa shape index (κ3) is 3.21. The number of carbonyl (C=O) groups is 2. The van der Waals surface area contributed by atoms with Crippen LogP contribution < -0.4 is 5.32 Å². The maximum atomic E-state index is 12.0. The van der Waals surface area contributed by atoms with Gasteiger partial charge in [0.2, 0.25) is 6.39 Å². The van der Waals surface area contributed by atoms with Gasteiger partial charge in [0.25, 0.3) is 0 Å². The van der Waals surface area contributed by atoms with Crippen LogP contribution in [-0.2, 0) is 11.3 Å². The van der Waals surface area contributed by atoms with Crippen molar-refractivity contribution in [3.8, 4) is 0 Å². The molecule has 0 saturated carbocycles. The second-order valence-corrected chi connectivity index (χ2v) is 4.61. The number of likely N-dealkylation sites (tertiary alicyclic amines) is 1. The standard InChI is InChI=1S/C11H16N4O4/c1-7-4-8(10(16)17)2-3-15(7)11(18)12-5-9-13-6-19-14-9/h6-8H,2-5H2,1H3,(H,12,18)(H,16,17). The van der Waals surface area contributed by atoms with Crippen molar-refractivity contribution in [3.63, 3.8) is 0 Å². The van der Waals surface area contributed by atoms with Crippen molar-refractivity contribution in [2.24, 2.45) is 5.92 Å². The first-order valence-corrected chi connectivity index (χ1v) is 6.10. The van der Waals surface area contributed by atoms with Gasteiger partial charge in [0.05, 0.1) is 12.5 Å². The Bertz CT molecular complexity index is 448. The highest BCUT2D eigenvalue weighted by Gasteiger charge is 2.32. The number of aliphatic carboxylic acids is 1. The van der Waals surface area contributed by atoms with E-state index in [1.165, 1.54) is 6.39 Å². The maximum Gasteiger partial charge on any atom is 0.318 e. The molecule has 0 bridgehead atoms. The van der Waals surface area contributed by atoms with Gasteiger partial charge in [0.1, 0.15) is 0 Å². The highest BCUT2D eigenvalue weighted by molar-refractivity contribution is 5.75. The van der Waals surface area contributed by atoms with Gasteiger partial charge in [0, 0.05) is 12.6 Å². The molecule has 2 heterocycles. The molecule has 0 aliphatic carbocycles. The smallest absolute Gasteiger partial charge is 0.318 e. The van der Waals surface area contributed by atoms with E-state index < -0.39 is 5.97 Å². The van der Waals surface area contributed by atoms with Crippen molar-refractivity contribution in [1.29, 1.82) is 0 Å². The average Bonchev–Trinajstić information content (AvgIpc) is 2.88. The van der Waals surface area contributed by atoms with Gasteiger partial charge in [-0.25, -0.2) is 4.79 Å². The van der Waals surface area contributed by atoms with E-state index in [1.54, 1.807) is 4.90 Å². The normalized spacial score (nSPS) is 23.1. The minimum atomic E-state index is -0.793. The third-order valence-electron chi connectivity index (χ3n) is 3.29. The molecule has 2 unspecified atom stereocenters. The molecule has 1 aliphatic heterocycles. The van der Waals surface area contributed by atoms with E-state index in [0.717, 1.165) is 0 Å². The molecule has 1 fully saturated rings. The van der Waals surface area contributed by atoms with Gasteiger partial charge in [-0.05, 0) is 19.8 Å². The first kappa shape index (κ1) is 13.3. The predicted octanol–water partition coefficient (Wildman–Crippen LogP) is 0.464. The van der Waals surface area contributed by atoms with Crippen LogP contribution in [0.5, 0.6) is 0 Å². The number of carboxylic acid groups (broad SMARTS) is 1. The summed E-state index contributed by atoms with van der Waals surface area (Å²) in [7, 11) is 0. The lowest BCUT2D eigenvalue weighted by Crippen LogP contribution is -2.50. The van der Waals surface area contributed by atoms with Crippen LogP contribution >= 0.6 is 0 Å². The second kappa shape index (κ2) is 5.68. The minimum absolute atomic E-state index is 0.0971. The predicted molar refractivity (Wildman–Crippen MR) is 63.1 cm³/mol. The van der Waals surface area contributed by atoms with Crippen LogP contribution in [0, 0.1) is 5.92 Å². The molecule has 104 valence electrons. The van der Waals surface area contributed by atoms with Crippen molar-refractivity contribution < 1.29 is 19.2 Å². The summed E-state index contributed by atoms with van der Waals surface area (Å²) in [5, 5.41) is 15.2. The highest BCUT2D eigenvalue weighted by Crippen LogP contribution is 2.22. The molecule has 1 aliphatic rings. The molecule has 2 N–H and O–H groups in total. The number of piperidine rings is 1. The highest BCUT2D eigenvalue weighted by atomic mass is 16.5. The van der Waals surface area contributed by atoms with E-state index in [0.29, 0.717) is 25.2 Å². The Morgan fingerprint density at radius 1 is 1.63 bits per heavy atom. The Morgan fingerprint density at radius 2 is 2.42 bits per heavy atom. The Labute approximate surface area is 109 Å². The Kier molecular flexibility index (Phi) is 3.98. The van der Waals surface area contributed by atoms with Crippen molar-refractivity contribution in [3.05, 3.63) is 12.2 Å². The van der Waals surface area contributed by atoms with E-state index >= 15 is 0 Å². The first-order chi connectivity index (χ1) is 9.08. The second-order valence-electron chi connectivity index (χ2n) is 4.61. The zero-order valence-electron chi connectivity index (χ0n) is 10.6. The summed E-state index contributed by atoms with van der Waals surface area (Å²) in [5.74, 6) is -0.753. The van der Waals surface area contributed by atoms with Gasteiger partial charge < -0.3 is 19.8 Å². The first-order valence-electron chi connectivity index (χ1n) is 6.10. The molecule has 0 aromatic carbocycles. The number of carboxylic acids is 1. The van der Waals surface area contributed by atoms with Crippen molar-refractivity contribution >= 4 is 12.0 Å². The molecule has 19 heavy (non-hydrogen) atoms. The van der Waals surface area contributed by atoms with E-state index in [9.17, 15) is 9.59 Å². The van der Waals surface area contributed by atoms with E-state index in [2.05, 4.69) is 20.0 Å². The number of hydrogen-bond donors (Lipinski definition) is 2. The van der Waals surface area contributed by atoms with Crippen LogP contribution in [0.4, 0.5) is 4.79 Å². The molecule has 0 radical (unpaired) electrons. The summed E-state index contributed by atoms with van der Waals surface area (Å²) in [6, 6.07) is -0.332. The number of aromatic nitrogens is 2. The van der Waals surface area contributed by atoms with Crippen molar-refractivity contribution in [2.45, 2.75) is 32.4 Å². The quantitative estimate of drug-likeness (QED) is 0.824. The SMILES string of the molecule is CC1CC(C(=O)O)CCN1C(=O)NCc1ncon1. The summed E-state index contributed by atoms with van der Waals surface area (Å²) in [6.07, 6.45) is 2.16. The number of urea groups is 1. The van der Waals surface area contributed by atoms with E-state index in [1.807, 2.05) is 6.92 Å². The number of carbonyl (C=O) groups excluding carboxylic acids is 1. The fourth-order valence-electron chi connectivity index (χ4n) is 2.22. The third-order valence-corrected chi connectivity index (χ3v) is 3.29. The largest absolute Gasteiger partial charge is 0.481 e. The zero-order chi connectivity index (χ0) is 13.8. The molecule has 0 spiro atoms. The summed E-state index contributed by atoms with van der Waals surface area (Å²) in [6.45, 7) is 2.49. The molecule has 2 rings (SSSR count). The molecular formula is C11H16N4O4. The lowest BCUT2D eigenvalue weighted by atomic mass is 9.92. The topological polar surface area (TPSA) is 109 Å². The molecule has 2 amide bonds. The number of nitrogens with zero attached hydrogens (tertiary/aromatic N) is 3. The number of amides is 2. The van der Waals surface area contributed by atoms with E-state index in [4.69, 9.17) is 5.11 Å². The van der Waals surface area contributed by atoms with Crippen LogP contribution in [0.15, 0.2) is 10.9 Å². The molecule has 1 saturated heterocycles. The van der Waals surface area contributed by atoms with Gasteiger partial charge in [-0.3, -0.25) is 4.79 Å². The number of nitrogens with one attached hydrogen (secondary N) is 1. The van der Waals surface area contributed by atoms with Crippen LogP contribution in [-0.4, -0.2) is 44.7 Å². The molecule has 2 atom stereocenters. The fraction of sp³-hybridized carbons (Fsp3) is 0.636. The van der Waals surface area contributed by atoms with Gasteiger partial charge in [-0.1, -0.05) is 5.16 Å². The molecule has 8 nitrogen and oxygen atoms in total. The van der Waals surface area contributed by atoms with Crippen LogP contribution in [0.1, 0.15) is 25.6 Å². The van der Waals surface area contributed by atoms with E-state index in [-0.39, 0.29) is 24.5 Å². The van der Waals surface area contributed by atoms with Crippen LogP contribution in [0.3, 0.4) is 0 Å². The summed E-state index contributed by atoms with van der Waals surface area (Å²) in [5.41, 5.74) is 0. The summed E-state index contributed by atoms with van der Waals surface area (Å²) < 4.78 is 4.56. The lowest BCUT2D eigenvalue weighted by Gasteiger charge is -2.36. The molecule has 1 aromatic heterocycles. The summed E-state index contributed by atoms with van der Waals surface area (Å²) >= 11 is 0. The maximum absolute atomic E-state index is 12.0. The average molecular weight is 268 g/mol. The van der Waals surface area contributed by atoms with Crippen molar-refractivity contribution in [2.75, 3.05) is 6.54 Å². The van der Waals surface area contributed by atoms with Gasteiger partial charge in [0.15, 0.2) is 5.82 Å². The van der Waals surface area contributed by atoms with Gasteiger partial charge in [-0.2, -0.15) is 4.98 Å². The minimum Gasteiger partial charge on any atom is -0.481 e. The number of rotatable bonds is 3.